The molecule has 0 atom stereocenters. The Kier molecular flexibility index (Phi) is 11.1. The van der Waals surface area contributed by atoms with Crippen LogP contribution in [0.3, 0.4) is 0 Å². The van der Waals surface area contributed by atoms with Crippen LogP contribution in [0.5, 0.6) is 0 Å². The lowest BCUT2D eigenvalue weighted by molar-refractivity contribution is -0.116. The summed E-state index contributed by atoms with van der Waals surface area (Å²) in [7, 11) is 3.70. The van der Waals surface area contributed by atoms with Crippen molar-refractivity contribution in [1.82, 2.24) is 10.2 Å². The second-order valence-electron chi connectivity index (χ2n) is 11.0. The molecule has 4 aromatic rings. The Labute approximate surface area is 273 Å². The number of rotatable bonds is 8. The molecule has 0 saturated carbocycles. The van der Waals surface area contributed by atoms with Crippen LogP contribution < -0.4 is 15.5 Å². The van der Waals surface area contributed by atoms with E-state index in [-0.39, 0.29) is 36.0 Å². The first-order valence-corrected chi connectivity index (χ1v) is 14.6. The lowest BCUT2D eigenvalue weighted by Gasteiger charge is -2.23. The van der Waals surface area contributed by atoms with E-state index in [1.165, 1.54) is 11.0 Å². The maximum atomic E-state index is 15.5. The van der Waals surface area contributed by atoms with E-state index >= 15 is 8.78 Å². The summed E-state index contributed by atoms with van der Waals surface area (Å²) in [4.78, 5) is 42.7. The normalized spacial score (nSPS) is 14.5. The summed E-state index contributed by atoms with van der Waals surface area (Å²) >= 11 is 0. The zero-order valence-electron chi connectivity index (χ0n) is 25.5. The van der Waals surface area contributed by atoms with Crippen LogP contribution in [0.15, 0.2) is 109 Å². The topological polar surface area (TPSA) is 81.8 Å². The number of nitrogens with one attached hydrogen (secondary N) is 2. The first kappa shape index (κ1) is 34.0. The average molecular weight is 645 g/mol. The van der Waals surface area contributed by atoms with E-state index in [0.717, 1.165) is 17.2 Å². The van der Waals surface area contributed by atoms with Gasteiger partial charge < -0.3 is 20.4 Å². The largest absolute Gasteiger partial charge is 0.351 e. The molecule has 3 amide bonds. The van der Waals surface area contributed by atoms with Crippen molar-refractivity contribution in [3.05, 3.63) is 126 Å². The third kappa shape index (κ3) is 7.85. The second kappa shape index (κ2) is 14.9. The number of alkyl halides is 2. The van der Waals surface area contributed by atoms with E-state index in [2.05, 4.69) is 10.6 Å². The molecule has 0 fully saturated rings. The van der Waals surface area contributed by atoms with Gasteiger partial charge in [0.2, 0.25) is 5.91 Å². The Morgan fingerprint density at radius 2 is 1.48 bits per heavy atom. The first-order chi connectivity index (χ1) is 21.6. The molecule has 10 heteroatoms. The highest BCUT2D eigenvalue weighted by molar-refractivity contribution is 6.11. The summed E-state index contributed by atoms with van der Waals surface area (Å²) in [5.74, 6) is -4.73. The summed E-state index contributed by atoms with van der Waals surface area (Å²) in [5.41, 5.74) is 2.94. The van der Waals surface area contributed by atoms with Crippen molar-refractivity contribution < 1.29 is 23.2 Å². The Balaban J connectivity index is 0.00000480. The minimum Gasteiger partial charge on any atom is -0.351 e. The number of nitrogens with zero attached hydrogens (tertiary/aromatic N) is 2. The van der Waals surface area contributed by atoms with Gasteiger partial charge in [-0.2, -0.15) is 0 Å². The highest BCUT2D eigenvalue weighted by Gasteiger charge is 2.41. The van der Waals surface area contributed by atoms with Gasteiger partial charge in [0.15, 0.2) is 0 Å². The number of hydrogen-bond donors (Lipinski definition) is 2. The molecule has 0 aromatic heterocycles. The molecule has 238 valence electrons. The maximum Gasteiger partial charge on any atom is 0.275 e. The first-order valence-electron chi connectivity index (χ1n) is 14.6. The predicted octanol–water partition coefficient (Wildman–Crippen LogP) is 6.77. The monoisotopic (exact) mass is 644 g/mol. The summed E-state index contributed by atoms with van der Waals surface area (Å²) in [6.07, 6.45) is 0.287. The van der Waals surface area contributed by atoms with Gasteiger partial charge in [0.1, 0.15) is 0 Å². The Hall–Kier alpha value is -4.86. The van der Waals surface area contributed by atoms with E-state index in [1.54, 1.807) is 54.6 Å². The molecule has 0 spiro atoms. The standard InChI is InChI=1S/C36H34F2N4O3.ClH/c1-41(2)23-21-39-33(43)24-31-30-14-8-9-15-32(30)42(22-20-36(31,37)38)35(45)26-16-18-27(19-17-26)40-34(44)29-13-7-6-12-28(29)25-10-4-3-5-11-25;/h3-19,24H,20-23H2,1-2H3,(H,39,43)(H,40,44);1H. The minimum atomic E-state index is -3.34. The number of likely N-dealkylation sites (N-methyl/N-ethyl adjacent to an activating group) is 1. The molecule has 1 aliphatic rings. The summed E-state index contributed by atoms with van der Waals surface area (Å²) < 4.78 is 30.9. The van der Waals surface area contributed by atoms with Gasteiger partial charge in [-0.1, -0.05) is 66.7 Å². The molecule has 0 bridgehead atoms. The molecule has 4 aromatic carbocycles. The van der Waals surface area contributed by atoms with Crippen LogP contribution in [0.2, 0.25) is 0 Å². The second-order valence-corrected chi connectivity index (χ2v) is 11.0. The van der Waals surface area contributed by atoms with Crippen LogP contribution in [-0.2, 0) is 4.79 Å². The van der Waals surface area contributed by atoms with E-state index in [9.17, 15) is 14.4 Å². The van der Waals surface area contributed by atoms with Gasteiger partial charge in [-0.15, -0.1) is 12.4 Å². The fourth-order valence-corrected chi connectivity index (χ4v) is 5.22. The third-order valence-corrected chi connectivity index (χ3v) is 7.55. The SMILES string of the molecule is CN(C)CCNC(=O)C=C1c2ccccc2N(C(=O)c2ccc(NC(=O)c3ccccc3-c3ccccc3)cc2)CCC1(F)F.Cl. The fraction of sp³-hybridized carbons (Fsp3) is 0.194. The third-order valence-electron chi connectivity index (χ3n) is 7.55. The Morgan fingerprint density at radius 1 is 0.848 bits per heavy atom. The van der Waals surface area contributed by atoms with E-state index in [4.69, 9.17) is 0 Å². The van der Waals surface area contributed by atoms with Crippen LogP contribution in [-0.4, -0.2) is 62.3 Å². The van der Waals surface area contributed by atoms with Crippen LogP contribution in [0.25, 0.3) is 16.7 Å². The van der Waals surface area contributed by atoms with Crippen molar-refractivity contribution >= 4 is 47.1 Å². The number of benzene rings is 4. The molecule has 7 nitrogen and oxygen atoms in total. The number of halogens is 3. The van der Waals surface area contributed by atoms with Crippen LogP contribution >= 0.6 is 12.4 Å². The van der Waals surface area contributed by atoms with Crippen molar-refractivity contribution in [1.29, 1.82) is 0 Å². The minimum absolute atomic E-state index is 0. The summed E-state index contributed by atoms with van der Waals surface area (Å²) in [6, 6.07) is 29.6. The highest BCUT2D eigenvalue weighted by Crippen LogP contribution is 2.43. The van der Waals surface area contributed by atoms with Gasteiger partial charge in [0.25, 0.3) is 17.7 Å². The number of allylic oxidation sites excluding steroid dienone is 1. The number of amides is 3. The lowest BCUT2D eigenvalue weighted by Crippen LogP contribution is -2.33. The molecule has 5 rings (SSSR count). The van der Waals surface area contributed by atoms with E-state index in [1.807, 2.05) is 61.5 Å². The molecule has 2 N–H and O–H groups in total. The molecule has 0 unspecified atom stereocenters. The van der Waals surface area contributed by atoms with Gasteiger partial charge in [-0.3, -0.25) is 14.4 Å². The van der Waals surface area contributed by atoms with Crippen molar-refractivity contribution in [3.63, 3.8) is 0 Å². The average Bonchev–Trinajstić information content (AvgIpc) is 3.15. The van der Waals surface area contributed by atoms with Crippen LogP contribution in [0.4, 0.5) is 20.2 Å². The number of anilines is 2. The highest BCUT2D eigenvalue weighted by atomic mass is 35.5. The number of carbonyl (C=O) groups is 3. The molecule has 1 heterocycles. The van der Waals surface area contributed by atoms with Gasteiger partial charge in [0, 0.05) is 60.1 Å². The smallest absolute Gasteiger partial charge is 0.275 e. The van der Waals surface area contributed by atoms with Crippen LogP contribution in [0, 0.1) is 0 Å². The van der Waals surface area contributed by atoms with Crippen LogP contribution in [0.1, 0.15) is 32.7 Å². The van der Waals surface area contributed by atoms with Crippen molar-refractivity contribution in [3.8, 4) is 11.1 Å². The molecular weight excluding hydrogens is 610 g/mol. The summed E-state index contributed by atoms with van der Waals surface area (Å²) in [5, 5.41) is 5.53. The van der Waals surface area contributed by atoms with Gasteiger partial charge in [0.05, 0.1) is 5.69 Å². The predicted molar refractivity (Wildman–Crippen MR) is 181 cm³/mol. The maximum absolute atomic E-state index is 15.5. The molecule has 0 radical (unpaired) electrons. The molecular formula is C36H35ClF2N4O3. The van der Waals surface area contributed by atoms with Gasteiger partial charge in [-0.05, 0) is 61.6 Å². The fourth-order valence-electron chi connectivity index (χ4n) is 5.22. The number of para-hydroxylation sites is 1. The lowest BCUT2D eigenvalue weighted by atomic mass is 9.97. The molecule has 46 heavy (non-hydrogen) atoms. The zero-order valence-corrected chi connectivity index (χ0v) is 26.3. The van der Waals surface area contributed by atoms with E-state index < -0.39 is 29.7 Å². The van der Waals surface area contributed by atoms with Gasteiger partial charge in [-0.25, -0.2) is 8.78 Å². The Morgan fingerprint density at radius 3 is 2.17 bits per heavy atom. The number of fused-ring (bicyclic) bond motifs is 1. The molecule has 0 aliphatic carbocycles. The quantitative estimate of drug-likeness (QED) is 0.207. The summed E-state index contributed by atoms with van der Waals surface area (Å²) in [6.45, 7) is 0.619. The number of hydrogen-bond acceptors (Lipinski definition) is 4. The molecule has 0 saturated heterocycles. The van der Waals surface area contributed by atoms with Crippen molar-refractivity contribution in [2.45, 2.75) is 12.3 Å². The molecule has 1 aliphatic heterocycles. The van der Waals surface area contributed by atoms with Gasteiger partial charge >= 0.3 is 0 Å². The van der Waals surface area contributed by atoms with Crippen molar-refractivity contribution in [2.75, 3.05) is 43.9 Å². The number of carbonyl (C=O) groups excluding carboxylic acids is 3. The Bertz CT molecular complexity index is 1730. The van der Waals surface area contributed by atoms with Crippen molar-refractivity contribution in [2.24, 2.45) is 0 Å². The van der Waals surface area contributed by atoms with E-state index in [0.29, 0.717) is 30.0 Å². The zero-order chi connectivity index (χ0) is 32.0.